The van der Waals surface area contributed by atoms with Gasteiger partial charge in [0.15, 0.2) is 0 Å². The fourth-order valence-corrected chi connectivity index (χ4v) is 7.13. The highest BCUT2D eigenvalue weighted by Crippen LogP contribution is 2.56. The SMILES string of the molecule is COc1ccc(-c2c(-c3ccc(OC)cc3)c(-c3ccc(C(C)(C)C)cc3)c(-c3cncnc3)c(-c3cncnc3)c2-c2ccc(C(C)(C)C)cc2)cc1. The minimum Gasteiger partial charge on any atom is -0.497 e. The van der Waals surface area contributed by atoms with Gasteiger partial charge in [-0.3, -0.25) is 0 Å². The molecule has 6 nitrogen and oxygen atoms in total. The molecule has 0 amide bonds. The number of hydrogen-bond donors (Lipinski definition) is 0. The summed E-state index contributed by atoms with van der Waals surface area (Å²) in [7, 11) is 3.40. The predicted molar refractivity (Wildman–Crippen MR) is 221 cm³/mol. The molecular weight excluding hydrogens is 665 g/mol. The van der Waals surface area contributed by atoms with Gasteiger partial charge in [-0.1, -0.05) is 114 Å². The lowest BCUT2D eigenvalue weighted by Gasteiger charge is -2.29. The summed E-state index contributed by atoms with van der Waals surface area (Å²) in [5, 5.41) is 0. The Bertz CT molecular complexity index is 2190. The van der Waals surface area contributed by atoms with Gasteiger partial charge in [0.1, 0.15) is 24.2 Å². The van der Waals surface area contributed by atoms with E-state index >= 15 is 0 Å². The molecule has 7 aromatic rings. The molecule has 5 aromatic carbocycles. The topological polar surface area (TPSA) is 70.0 Å². The van der Waals surface area contributed by atoms with Crippen molar-refractivity contribution in [2.45, 2.75) is 52.4 Å². The van der Waals surface area contributed by atoms with Crippen molar-refractivity contribution in [1.29, 1.82) is 0 Å². The molecule has 0 atom stereocenters. The highest BCUT2D eigenvalue weighted by molar-refractivity contribution is 6.14. The van der Waals surface area contributed by atoms with Crippen LogP contribution in [0, 0.1) is 0 Å². The van der Waals surface area contributed by atoms with E-state index in [0.717, 1.165) is 78.3 Å². The third-order valence-electron chi connectivity index (χ3n) is 10.0. The zero-order chi connectivity index (χ0) is 38.0. The number of methoxy groups -OCH3 is 2. The van der Waals surface area contributed by atoms with E-state index in [1.54, 1.807) is 26.9 Å². The van der Waals surface area contributed by atoms with Crippen molar-refractivity contribution in [3.8, 4) is 78.3 Å². The molecule has 0 saturated heterocycles. The Morgan fingerprint density at radius 2 is 0.574 bits per heavy atom. The van der Waals surface area contributed by atoms with Crippen LogP contribution in [0.25, 0.3) is 66.8 Å². The lowest BCUT2D eigenvalue weighted by molar-refractivity contribution is 0.414. The van der Waals surface area contributed by atoms with Crippen LogP contribution in [0.2, 0.25) is 0 Å². The quantitative estimate of drug-likeness (QED) is 0.156. The summed E-state index contributed by atoms with van der Waals surface area (Å²) >= 11 is 0. The zero-order valence-electron chi connectivity index (χ0n) is 32.3. The van der Waals surface area contributed by atoms with Crippen LogP contribution in [-0.2, 0) is 10.8 Å². The summed E-state index contributed by atoms with van der Waals surface area (Å²) in [5.41, 5.74) is 14.7. The van der Waals surface area contributed by atoms with E-state index in [1.165, 1.54) is 11.1 Å². The van der Waals surface area contributed by atoms with Gasteiger partial charge in [0.2, 0.25) is 0 Å². The molecule has 0 bridgehead atoms. The molecule has 0 N–H and O–H groups in total. The molecule has 0 saturated carbocycles. The van der Waals surface area contributed by atoms with Gasteiger partial charge in [0.25, 0.3) is 0 Å². The van der Waals surface area contributed by atoms with Crippen LogP contribution in [0.1, 0.15) is 52.7 Å². The molecule has 0 fully saturated rings. The van der Waals surface area contributed by atoms with Crippen LogP contribution in [-0.4, -0.2) is 34.2 Å². The first kappa shape index (κ1) is 36.2. The Hall–Kier alpha value is -6.14. The van der Waals surface area contributed by atoms with E-state index in [-0.39, 0.29) is 10.8 Å². The molecule has 2 aromatic heterocycles. The van der Waals surface area contributed by atoms with Gasteiger partial charge in [-0.25, -0.2) is 19.9 Å². The average molecular weight is 711 g/mol. The number of aromatic nitrogens is 4. The van der Waals surface area contributed by atoms with Crippen LogP contribution in [0.15, 0.2) is 135 Å². The number of rotatable bonds is 8. The van der Waals surface area contributed by atoms with Crippen molar-refractivity contribution in [3.05, 3.63) is 146 Å². The third kappa shape index (κ3) is 7.12. The molecule has 6 heteroatoms. The number of ether oxygens (including phenoxy) is 2. The van der Waals surface area contributed by atoms with Gasteiger partial charge in [-0.15, -0.1) is 0 Å². The monoisotopic (exact) mass is 710 g/mol. The second kappa shape index (κ2) is 14.7. The van der Waals surface area contributed by atoms with Gasteiger partial charge < -0.3 is 9.47 Å². The van der Waals surface area contributed by atoms with E-state index in [9.17, 15) is 0 Å². The van der Waals surface area contributed by atoms with Crippen LogP contribution < -0.4 is 9.47 Å². The lowest BCUT2D eigenvalue weighted by Crippen LogP contribution is -2.11. The van der Waals surface area contributed by atoms with Gasteiger partial charge in [-0.05, 0) is 90.7 Å². The minimum atomic E-state index is -0.0166. The minimum absolute atomic E-state index is 0.0166. The molecule has 0 unspecified atom stereocenters. The maximum Gasteiger partial charge on any atom is 0.118 e. The van der Waals surface area contributed by atoms with Crippen molar-refractivity contribution >= 4 is 0 Å². The average Bonchev–Trinajstić information content (AvgIpc) is 3.20. The Morgan fingerprint density at radius 1 is 0.333 bits per heavy atom. The van der Waals surface area contributed by atoms with Crippen LogP contribution in [0.3, 0.4) is 0 Å². The Balaban J connectivity index is 1.76. The fraction of sp³-hybridized carbons (Fsp3) is 0.208. The summed E-state index contributed by atoms with van der Waals surface area (Å²) in [5.74, 6) is 1.57. The Kier molecular flexibility index (Phi) is 9.87. The van der Waals surface area contributed by atoms with Gasteiger partial charge in [-0.2, -0.15) is 0 Å². The molecule has 270 valence electrons. The van der Waals surface area contributed by atoms with Crippen molar-refractivity contribution in [2.75, 3.05) is 14.2 Å². The smallest absolute Gasteiger partial charge is 0.118 e. The van der Waals surface area contributed by atoms with Crippen LogP contribution in [0.5, 0.6) is 11.5 Å². The van der Waals surface area contributed by atoms with Crippen LogP contribution in [0.4, 0.5) is 0 Å². The summed E-state index contributed by atoms with van der Waals surface area (Å²) in [6.07, 6.45) is 10.8. The number of hydrogen-bond acceptors (Lipinski definition) is 6. The molecule has 0 aliphatic carbocycles. The van der Waals surface area contributed by atoms with E-state index < -0.39 is 0 Å². The van der Waals surface area contributed by atoms with Crippen molar-refractivity contribution < 1.29 is 9.47 Å². The largest absolute Gasteiger partial charge is 0.497 e. The number of nitrogens with zero attached hydrogens (tertiary/aromatic N) is 4. The maximum atomic E-state index is 5.66. The third-order valence-corrected chi connectivity index (χ3v) is 10.0. The number of benzene rings is 5. The van der Waals surface area contributed by atoms with Crippen molar-refractivity contribution in [1.82, 2.24) is 19.9 Å². The normalized spacial score (nSPS) is 11.7. The molecule has 54 heavy (non-hydrogen) atoms. The first-order valence-electron chi connectivity index (χ1n) is 18.2. The van der Waals surface area contributed by atoms with Gasteiger partial charge in [0, 0.05) is 47.0 Å². The highest BCUT2D eigenvalue weighted by Gasteiger charge is 2.30. The molecule has 0 radical (unpaired) electrons. The van der Waals surface area contributed by atoms with Crippen LogP contribution >= 0.6 is 0 Å². The summed E-state index contributed by atoms with van der Waals surface area (Å²) in [6, 6.07) is 34.7. The van der Waals surface area contributed by atoms with E-state index in [0.29, 0.717) is 0 Å². The van der Waals surface area contributed by atoms with Gasteiger partial charge in [0.05, 0.1) is 14.2 Å². The Labute approximate surface area is 319 Å². The predicted octanol–water partition coefficient (Wildman–Crippen LogP) is 11.9. The summed E-state index contributed by atoms with van der Waals surface area (Å²) in [4.78, 5) is 18.3. The molecular formula is C48H46N4O2. The lowest BCUT2D eigenvalue weighted by atomic mass is 9.74. The second-order valence-corrected chi connectivity index (χ2v) is 15.6. The first-order chi connectivity index (χ1) is 26.0. The van der Waals surface area contributed by atoms with E-state index in [1.807, 2.05) is 49.1 Å². The molecule has 2 heterocycles. The summed E-state index contributed by atoms with van der Waals surface area (Å²) in [6.45, 7) is 13.5. The van der Waals surface area contributed by atoms with Crippen molar-refractivity contribution in [3.63, 3.8) is 0 Å². The summed E-state index contributed by atoms with van der Waals surface area (Å²) < 4.78 is 11.3. The second-order valence-electron chi connectivity index (χ2n) is 15.6. The molecule has 0 aliphatic heterocycles. The molecule has 0 aliphatic rings. The van der Waals surface area contributed by atoms with Gasteiger partial charge >= 0.3 is 0 Å². The maximum absolute atomic E-state index is 5.66. The molecule has 0 spiro atoms. The van der Waals surface area contributed by atoms with E-state index in [2.05, 4.69) is 134 Å². The molecule has 7 rings (SSSR count). The standard InChI is InChI=1S/C48H46N4O2/c1-47(2,3)37-17-9-31(10-18-37)43-41(33-13-21-39(53-7)22-14-33)42(34-15-23-40(54-8)24-16-34)44(32-11-19-38(20-12-32)48(4,5)6)46(36-27-51-30-52-28-36)45(43)35-25-49-29-50-26-35/h9-30H,1-8H3. The van der Waals surface area contributed by atoms with Crippen molar-refractivity contribution in [2.24, 2.45) is 0 Å². The fourth-order valence-electron chi connectivity index (χ4n) is 7.13. The Morgan fingerprint density at radius 3 is 0.815 bits per heavy atom. The van der Waals surface area contributed by atoms with E-state index in [4.69, 9.17) is 9.47 Å². The highest BCUT2D eigenvalue weighted by atomic mass is 16.5. The zero-order valence-corrected chi connectivity index (χ0v) is 32.3. The first-order valence-corrected chi connectivity index (χ1v) is 18.2.